The number of hydrogen-bond acceptors (Lipinski definition) is 2. The van der Waals surface area contributed by atoms with Crippen molar-refractivity contribution in [3.63, 3.8) is 0 Å². The van der Waals surface area contributed by atoms with E-state index in [0.29, 0.717) is 13.0 Å². The van der Waals surface area contributed by atoms with Crippen LogP contribution in [0.4, 0.5) is 0 Å². The van der Waals surface area contributed by atoms with Crippen molar-refractivity contribution in [2.24, 2.45) is 11.3 Å². The van der Waals surface area contributed by atoms with Gasteiger partial charge >= 0.3 is 0 Å². The molecule has 0 saturated heterocycles. The Hall–Kier alpha value is -0.570. The van der Waals surface area contributed by atoms with E-state index in [1.807, 2.05) is 0 Å². The van der Waals surface area contributed by atoms with E-state index in [4.69, 9.17) is 5.11 Å². The fraction of sp³-hybridized carbons (Fsp3) is 0.933. The SMILES string of the molecule is O=C(CCCC1CCCCC1)NCC1(CO)CC1. The molecule has 0 aromatic carbocycles. The van der Waals surface area contributed by atoms with Crippen molar-refractivity contribution >= 4 is 5.91 Å². The summed E-state index contributed by atoms with van der Waals surface area (Å²) in [6, 6.07) is 0. The molecule has 0 aromatic heterocycles. The molecule has 0 spiro atoms. The summed E-state index contributed by atoms with van der Waals surface area (Å²) in [4.78, 5) is 11.7. The van der Waals surface area contributed by atoms with Crippen molar-refractivity contribution < 1.29 is 9.90 Å². The van der Waals surface area contributed by atoms with Gasteiger partial charge in [-0.1, -0.05) is 32.1 Å². The highest BCUT2D eigenvalue weighted by Crippen LogP contribution is 2.44. The third kappa shape index (κ3) is 4.27. The Kier molecular flexibility index (Phi) is 5.04. The van der Waals surface area contributed by atoms with Crippen LogP contribution >= 0.6 is 0 Å². The molecule has 0 aliphatic heterocycles. The number of carbonyl (C=O) groups excluding carboxylic acids is 1. The summed E-state index contributed by atoms with van der Waals surface area (Å²) in [6.07, 6.45) is 12.0. The Balaban J connectivity index is 1.51. The van der Waals surface area contributed by atoms with Crippen LogP contribution in [0.5, 0.6) is 0 Å². The van der Waals surface area contributed by atoms with Gasteiger partial charge in [0.25, 0.3) is 0 Å². The van der Waals surface area contributed by atoms with Gasteiger partial charge in [-0.3, -0.25) is 4.79 Å². The van der Waals surface area contributed by atoms with E-state index in [-0.39, 0.29) is 17.9 Å². The van der Waals surface area contributed by atoms with Crippen molar-refractivity contribution in [2.75, 3.05) is 13.2 Å². The minimum atomic E-state index is 0.0407. The average Bonchev–Trinajstić information content (AvgIpc) is 3.18. The summed E-state index contributed by atoms with van der Waals surface area (Å²) in [7, 11) is 0. The lowest BCUT2D eigenvalue weighted by atomic mass is 9.86. The van der Waals surface area contributed by atoms with Gasteiger partial charge in [-0.15, -0.1) is 0 Å². The Morgan fingerprint density at radius 1 is 1.22 bits per heavy atom. The van der Waals surface area contributed by atoms with E-state index >= 15 is 0 Å². The second-order valence-corrected chi connectivity index (χ2v) is 6.33. The van der Waals surface area contributed by atoms with E-state index in [1.54, 1.807) is 0 Å². The first-order valence-corrected chi connectivity index (χ1v) is 7.62. The molecule has 2 saturated carbocycles. The van der Waals surface area contributed by atoms with E-state index in [1.165, 1.54) is 38.5 Å². The van der Waals surface area contributed by atoms with E-state index < -0.39 is 0 Å². The number of nitrogens with one attached hydrogen (secondary N) is 1. The predicted molar refractivity (Wildman–Crippen MR) is 72.2 cm³/mol. The molecule has 0 heterocycles. The number of hydrogen-bond donors (Lipinski definition) is 2. The van der Waals surface area contributed by atoms with Gasteiger partial charge in [-0.25, -0.2) is 0 Å². The molecule has 0 unspecified atom stereocenters. The highest BCUT2D eigenvalue weighted by molar-refractivity contribution is 5.75. The largest absolute Gasteiger partial charge is 0.396 e. The highest BCUT2D eigenvalue weighted by Gasteiger charge is 2.41. The monoisotopic (exact) mass is 253 g/mol. The van der Waals surface area contributed by atoms with Crippen LogP contribution in [0.25, 0.3) is 0 Å². The van der Waals surface area contributed by atoms with Crippen LogP contribution in [0.1, 0.15) is 64.2 Å². The number of rotatable bonds is 7. The Morgan fingerprint density at radius 3 is 2.56 bits per heavy atom. The number of amides is 1. The quantitative estimate of drug-likeness (QED) is 0.733. The zero-order valence-electron chi connectivity index (χ0n) is 11.4. The zero-order chi connectivity index (χ0) is 12.8. The Morgan fingerprint density at radius 2 is 1.94 bits per heavy atom. The second-order valence-electron chi connectivity index (χ2n) is 6.33. The summed E-state index contributed by atoms with van der Waals surface area (Å²) < 4.78 is 0. The average molecular weight is 253 g/mol. The molecule has 104 valence electrons. The maximum atomic E-state index is 11.7. The highest BCUT2D eigenvalue weighted by atomic mass is 16.3. The Bertz CT molecular complexity index is 268. The summed E-state index contributed by atoms with van der Waals surface area (Å²) in [5.74, 6) is 1.05. The standard InChI is InChI=1S/C15H27NO2/c17-12-15(9-10-15)11-16-14(18)8-4-7-13-5-2-1-3-6-13/h13,17H,1-12H2,(H,16,18). The molecule has 1 amide bonds. The maximum absolute atomic E-state index is 11.7. The molecule has 2 aliphatic rings. The lowest BCUT2D eigenvalue weighted by molar-refractivity contribution is -0.121. The van der Waals surface area contributed by atoms with E-state index in [0.717, 1.165) is 25.2 Å². The molecule has 3 nitrogen and oxygen atoms in total. The van der Waals surface area contributed by atoms with E-state index in [9.17, 15) is 4.79 Å². The van der Waals surface area contributed by atoms with E-state index in [2.05, 4.69) is 5.32 Å². The zero-order valence-corrected chi connectivity index (χ0v) is 11.4. The number of aliphatic hydroxyl groups is 1. The lowest BCUT2D eigenvalue weighted by Crippen LogP contribution is -2.31. The minimum absolute atomic E-state index is 0.0407. The first kappa shape index (κ1) is 13.9. The Labute approximate surface area is 110 Å². The lowest BCUT2D eigenvalue weighted by Gasteiger charge is -2.21. The van der Waals surface area contributed by atoms with Crippen molar-refractivity contribution in [1.82, 2.24) is 5.32 Å². The van der Waals surface area contributed by atoms with Crippen LogP contribution in [0.3, 0.4) is 0 Å². The molecular formula is C15H27NO2. The van der Waals surface area contributed by atoms with Crippen LogP contribution in [0.15, 0.2) is 0 Å². The maximum Gasteiger partial charge on any atom is 0.220 e. The molecule has 0 radical (unpaired) electrons. The van der Waals surface area contributed by atoms with Crippen LogP contribution in [0, 0.1) is 11.3 Å². The van der Waals surface area contributed by atoms with Gasteiger partial charge in [0.15, 0.2) is 0 Å². The van der Waals surface area contributed by atoms with Gasteiger partial charge in [0.1, 0.15) is 0 Å². The second kappa shape index (κ2) is 6.55. The predicted octanol–water partition coefficient (Wildman–Crippen LogP) is 2.63. The molecular weight excluding hydrogens is 226 g/mol. The van der Waals surface area contributed by atoms with Crippen LogP contribution < -0.4 is 5.32 Å². The third-order valence-corrected chi connectivity index (χ3v) is 4.69. The molecule has 2 N–H and O–H groups in total. The minimum Gasteiger partial charge on any atom is -0.396 e. The van der Waals surface area contributed by atoms with Crippen LogP contribution in [-0.2, 0) is 4.79 Å². The van der Waals surface area contributed by atoms with Crippen molar-refractivity contribution in [3.8, 4) is 0 Å². The molecule has 2 rings (SSSR count). The molecule has 0 bridgehead atoms. The first-order chi connectivity index (χ1) is 8.74. The normalized spacial score (nSPS) is 22.7. The summed E-state index contributed by atoms with van der Waals surface area (Å²) in [5, 5.41) is 12.1. The van der Waals surface area contributed by atoms with Gasteiger partial charge in [-0.2, -0.15) is 0 Å². The molecule has 3 heteroatoms. The molecule has 2 aliphatic carbocycles. The third-order valence-electron chi connectivity index (χ3n) is 4.69. The summed E-state index contributed by atoms with van der Waals surface area (Å²) >= 11 is 0. The molecule has 0 atom stereocenters. The molecule has 18 heavy (non-hydrogen) atoms. The van der Waals surface area contributed by atoms with Gasteiger partial charge in [0, 0.05) is 18.4 Å². The summed E-state index contributed by atoms with van der Waals surface area (Å²) in [6.45, 7) is 0.890. The van der Waals surface area contributed by atoms with Gasteiger partial charge in [0.05, 0.1) is 6.61 Å². The van der Waals surface area contributed by atoms with Gasteiger partial charge in [-0.05, 0) is 31.6 Å². The van der Waals surface area contributed by atoms with Gasteiger partial charge < -0.3 is 10.4 Å². The van der Waals surface area contributed by atoms with Crippen molar-refractivity contribution in [1.29, 1.82) is 0 Å². The van der Waals surface area contributed by atoms with Crippen LogP contribution in [-0.4, -0.2) is 24.2 Å². The van der Waals surface area contributed by atoms with Crippen molar-refractivity contribution in [2.45, 2.75) is 64.2 Å². The van der Waals surface area contributed by atoms with Gasteiger partial charge in [0.2, 0.25) is 5.91 Å². The fourth-order valence-electron chi connectivity index (χ4n) is 2.97. The molecule has 2 fully saturated rings. The smallest absolute Gasteiger partial charge is 0.220 e. The number of aliphatic hydroxyl groups excluding tert-OH is 1. The number of carbonyl (C=O) groups is 1. The van der Waals surface area contributed by atoms with Crippen LogP contribution in [0.2, 0.25) is 0 Å². The first-order valence-electron chi connectivity index (χ1n) is 7.62. The fourth-order valence-corrected chi connectivity index (χ4v) is 2.97. The topological polar surface area (TPSA) is 49.3 Å². The summed E-state index contributed by atoms with van der Waals surface area (Å²) in [5.41, 5.74) is 0.0407. The molecule has 0 aromatic rings. The van der Waals surface area contributed by atoms with Crippen molar-refractivity contribution in [3.05, 3.63) is 0 Å².